The van der Waals surface area contributed by atoms with Gasteiger partial charge in [0.05, 0.1) is 0 Å². The van der Waals surface area contributed by atoms with Gasteiger partial charge in [-0.25, -0.2) is 0 Å². The average Bonchev–Trinajstić information content (AvgIpc) is 1.83. The van der Waals surface area contributed by atoms with Crippen molar-refractivity contribution in [1.82, 2.24) is 4.31 Å². The van der Waals surface area contributed by atoms with Crippen LogP contribution >= 0.6 is 25.4 Å². The average molecular weight is 241 g/mol. The molecule has 9 heteroatoms. The molecule has 13 heavy (non-hydrogen) atoms. The Morgan fingerprint density at radius 1 is 1.23 bits per heavy atom. The maximum atomic E-state index is 12.1. The van der Waals surface area contributed by atoms with Crippen LogP contribution < -0.4 is 0 Å². The number of rotatable bonds is 2. The van der Waals surface area contributed by atoms with E-state index in [1.807, 2.05) is 0 Å². The van der Waals surface area contributed by atoms with Gasteiger partial charge in [-0.2, -0.15) is 22.0 Å². The fourth-order valence-corrected chi connectivity index (χ4v) is 0.594. The van der Waals surface area contributed by atoms with Crippen molar-refractivity contribution in [3.63, 3.8) is 0 Å². The van der Waals surface area contributed by atoms with Crippen LogP contribution in [-0.2, 0) is 0 Å². The zero-order chi connectivity index (χ0) is 10.9. The molecule has 0 aromatic heterocycles. The number of carbonyl (C=O) groups excluding carboxylic acids is 1. The second-order valence-electron chi connectivity index (χ2n) is 2.04. The van der Waals surface area contributed by atoms with E-state index in [1.54, 1.807) is 0 Å². The van der Waals surface area contributed by atoms with E-state index in [1.165, 1.54) is 0 Å². The molecule has 0 aromatic carbocycles. The van der Waals surface area contributed by atoms with E-state index in [4.69, 9.17) is 0 Å². The Morgan fingerprint density at radius 2 is 1.62 bits per heavy atom. The summed E-state index contributed by atoms with van der Waals surface area (Å²) in [5, 5.41) is -1.28. The summed E-state index contributed by atoms with van der Waals surface area (Å²) in [4.78, 5) is 10.2. The molecule has 0 heterocycles. The molecule has 1 amide bonds. The monoisotopic (exact) mass is 241 g/mol. The Bertz CT molecular complexity index is 205. The van der Waals surface area contributed by atoms with E-state index in [2.05, 4.69) is 25.4 Å². The topological polar surface area (TPSA) is 20.3 Å². The van der Waals surface area contributed by atoms with Gasteiger partial charge in [0.2, 0.25) is 0 Å². The fraction of sp³-hybridized carbons (Fsp3) is 0.750. The molecule has 0 saturated carbocycles. The highest BCUT2D eigenvalue weighted by molar-refractivity contribution is 7.98. The summed E-state index contributed by atoms with van der Waals surface area (Å²) < 4.78 is 58.7. The minimum absolute atomic E-state index is 0.128. The van der Waals surface area contributed by atoms with Crippen LogP contribution in [0.1, 0.15) is 0 Å². The minimum atomic E-state index is -5.70. The number of halogens is 5. The lowest BCUT2D eigenvalue weighted by Crippen LogP contribution is -2.45. The van der Waals surface area contributed by atoms with E-state index in [0.29, 0.717) is 0 Å². The first kappa shape index (κ1) is 12.8. The molecule has 0 rings (SSSR count). The maximum absolute atomic E-state index is 12.1. The van der Waals surface area contributed by atoms with Gasteiger partial charge < -0.3 is 0 Å². The molecule has 0 aliphatic heterocycles. The Balaban J connectivity index is 4.43. The molecule has 0 atom stereocenters. The Hall–Kier alpha value is -0.180. The van der Waals surface area contributed by atoms with E-state index < -0.39 is 23.9 Å². The van der Waals surface area contributed by atoms with Crippen LogP contribution in [0.2, 0.25) is 0 Å². The normalized spacial score (nSPS) is 12.8. The molecule has 0 unspecified atom stereocenters. The van der Waals surface area contributed by atoms with Crippen LogP contribution in [0, 0.1) is 0 Å². The lowest BCUT2D eigenvalue weighted by Gasteiger charge is -2.23. The first-order valence-electron chi connectivity index (χ1n) is 2.72. The summed E-state index contributed by atoms with van der Waals surface area (Å²) in [6.07, 6.45) is -5.70. The third kappa shape index (κ3) is 3.59. The highest BCUT2D eigenvalue weighted by atomic mass is 32.1. The van der Waals surface area contributed by atoms with Crippen molar-refractivity contribution in [3.05, 3.63) is 0 Å². The number of nitrogens with zero attached hydrogens (tertiary/aromatic N) is 1. The number of hydrogen-bond acceptors (Lipinski definition) is 2. The molecule has 0 bridgehead atoms. The van der Waals surface area contributed by atoms with Gasteiger partial charge in [0.15, 0.2) is 0 Å². The Labute approximate surface area is 81.0 Å². The third-order valence-corrected chi connectivity index (χ3v) is 1.71. The third-order valence-electron chi connectivity index (χ3n) is 0.984. The highest BCUT2D eigenvalue weighted by Crippen LogP contribution is 2.36. The predicted molar refractivity (Wildman–Crippen MR) is 41.1 cm³/mol. The summed E-state index contributed by atoms with van der Waals surface area (Å²) in [6, 6.07) is 0. The Morgan fingerprint density at radius 3 is 1.85 bits per heavy atom. The minimum Gasteiger partial charge on any atom is -0.274 e. The number of thiol groups is 2. The number of alkyl halides is 5. The zero-order valence-electron chi connectivity index (χ0n) is 5.85. The molecule has 0 aliphatic rings. The molecule has 2 nitrogen and oxygen atoms in total. The van der Waals surface area contributed by atoms with Crippen LogP contribution in [-0.4, -0.2) is 28.2 Å². The van der Waals surface area contributed by atoms with Gasteiger partial charge in [0, 0.05) is 0 Å². The highest BCUT2D eigenvalue weighted by Gasteiger charge is 2.58. The van der Waals surface area contributed by atoms with Crippen molar-refractivity contribution in [1.29, 1.82) is 0 Å². The lowest BCUT2D eigenvalue weighted by molar-refractivity contribution is -0.281. The smallest absolute Gasteiger partial charge is 0.274 e. The number of amides is 1. The van der Waals surface area contributed by atoms with Crippen molar-refractivity contribution in [2.75, 3.05) is 6.54 Å². The quantitative estimate of drug-likeness (QED) is 0.562. The lowest BCUT2D eigenvalue weighted by atomic mass is 10.3. The molecule has 0 radical (unpaired) electrons. The van der Waals surface area contributed by atoms with Gasteiger partial charge in [-0.3, -0.25) is 9.10 Å². The van der Waals surface area contributed by atoms with Gasteiger partial charge in [0.25, 0.3) is 5.24 Å². The largest absolute Gasteiger partial charge is 0.455 e. The number of carbonyl (C=O) groups is 1. The van der Waals surface area contributed by atoms with E-state index in [0.717, 1.165) is 0 Å². The van der Waals surface area contributed by atoms with E-state index in [9.17, 15) is 26.7 Å². The fourth-order valence-electron chi connectivity index (χ4n) is 0.345. The second kappa shape index (κ2) is 3.91. The van der Waals surface area contributed by atoms with Gasteiger partial charge in [0.1, 0.15) is 6.54 Å². The van der Waals surface area contributed by atoms with Crippen molar-refractivity contribution < 1.29 is 26.7 Å². The van der Waals surface area contributed by atoms with Crippen molar-refractivity contribution in [2.24, 2.45) is 0 Å². The summed E-state index contributed by atoms with van der Waals surface area (Å²) in [5.74, 6) is -4.98. The standard InChI is InChI=1S/C4H4F5NOS2/c5-3(6,4(7,8)9)1-10(13)2(11)12/h13H,1H2,(H,11,12). The first-order valence-corrected chi connectivity index (χ1v) is 3.56. The maximum Gasteiger partial charge on any atom is 0.455 e. The van der Waals surface area contributed by atoms with Gasteiger partial charge >= 0.3 is 12.1 Å². The molecule has 0 N–H and O–H groups in total. The molecule has 78 valence electrons. The van der Waals surface area contributed by atoms with Gasteiger partial charge in [-0.15, -0.1) is 0 Å². The summed E-state index contributed by atoms with van der Waals surface area (Å²) >= 11 is 6.09. The van der Waals surface area contributed by atoms with Crippen molar-refractivity contribution >= 4 is 30.7 Å². The molecule has 0 aliphatic carbocycles. The molecule has 0 aromatic rings. The van der Waals surface area contributed by atoms with E-state index in [-0.39, 0.29) is 4.31 Å². The second-order valence-corrected chi connectivity index (χ2v) is 2.91. The van der Waals surface area contributed by atoms with Crippen molar-refractivity contribution in [3.8, 4) is 0 Å². The zero-order valence-corrected chi connectivity index (χ0v) is 7.64. The SMILES string of the molecule is O=C(S)N(S)CC(F)(F)C(F)(F)F. The van der Waals surface area contributed by atoms with Gasteiger partial charge in [-0.1, -0.05) is 25.4 Å². The van der Waals surface area contributed by atoms with Crippen LogP contribution in [0.4, 0.5) is 26.7 Å². The Kier molecular flexibility index (Phi) is 3.85. The van der Waals surface area contributed by atoms with Crippen LogP contribution in [0.25, 0.3) is 0 Å². The summed E-state index contributed by atoms with van der Waals surface area (Å²) in [5.41, 5.74) is 0. The summed E-state index contributed by atoms with van der Waals surface area (Å²) in [7, 11) is 0. The summed E-state index contributed by atoms with van der Waals surface area (Å²) in [6.45, 7) is -1.86. The number of hydrogen-bond donors (Lipinski definition) is 2. The molecular formula is C4H4F5NOS2. The van der Waals surface area contributed by atoms with Crippen LogP contribution in [0.15, 0.2) is 0 Å². The first-order chi connectivity index (χ1) is 5.58. The predicted octanol–water partition coefficient (Wildman–Crippen LogP) is 2.38. The van der Waals surface area contributed by atoms with Crippen molar-refractivity contribution in [2.45, 2.75) is 12.1 Å². The molecular weight excluding hydrogens is 237 g/mol. The van der Waals surface area contributed by atoms with Gasteiger partial charge in [-0.05, 0) is 0 Å². The van der Waals surface area contributed by atoms with Crippen LogP contribution in [0.5, 0.6) is 0 Å². The molecule has 0 spiro atoms. The molecule has 0 fully saturated rings. The van der Waals surface area contributed by atoms with E-state index >= 15 is 0 Å². The van der Waals surface area contributed by atoms with Crippen LogP contribution in [0.3, 0.4) is 0 Å². The molecule has 0 saturated heterocycles.